The average molecular weight is 310 g/mol. The van der Waals surface area contributed by atoms with E-state index >= 15 is 0 Å². The minimum atomic E-state index is -0.402. The largest absolute Gasteiger partial charge is 0.455 e. The fraction of sp³-hybridized carbons (Fsp3) is 0.143. The molecule has 0 aliphatic heterocycles. The van der Waals surface area contributed by atoms with Gasteiger partial charge in [0.1, 0.15) is 11.6 Å². The second-order valence-electron chi connectivity index (χ2n) is 4.18. The number of nitrogen functional groups attached to an aromatic ring is 1. The number of hydrogen-bond acceptors (Lipinski definition) is 2. The molecule has 2 rings (SSSR count). The Morgan fingerprint density at radius 3 is 2.50 bits per heavy atom. The number of hydrogen-bond donors (Lipinski definition) is 1. The Morgan fingerprint density at radius 1 is 1.11 bits per heavy atom. The fourth-order valence-corrected chi connectivity index (χ4v) is 1.99. The van der Waals surface area contributed by atoms with Crippen molar-refractivity contribution in [2.75, 3.05) is 5.73 Å². The van der Waals surface area contributed by atoms with Gasteiger partial charge in [-0.15, -0.1) is 0 Å². The molecular formula is C14H13BrFNO. The Labute approximate surface area is 114 Å². The van der Waals surface area contributed by atoms with Gasteiger partial charge < -0.3 is 10.5 Å². The van der Waals surface area contributed by atoms with Gasteiger partial charge in [0.2, 0.25) is 0 Å². The molecule has 0 amide bonds. The van der Waals surface area contributed by atoms with Gasteiger partial charge in [-0.1, -0.05) is 17.7 Å². The summed E-state index contributed by atoms with van der Waals surface area (Å²) in [4.78, 5) is 0. The number of benzene rings is 2. The minimum absolute atomic E-state index is 0.274. The molecule has 0 spiro atoms. The first-order chi connectivity index (χ1) is 8.47. The van der Waals surface area contributed by atoms with Gasteiger partial charge in [-0.3, -0.25) is 0 Å². The van der Waals surface area contributed by atoms with Crippen molar-refractivity contribution in [1.29, 1.82) is 0 Å². The molecule has 2 nitrogen and oxygen atoms in total. The number of ether oxygens (including phenoxy) is 1. The van der Waals surface area contributed by atoms with E-state index in [1.807, 2.05) is 32.0 Å². The molecule has 4 heteroatoms. The molecule has 18 heavy (non-hydrogen) atoms. The molecule has 0 saturated carbocycles. The van der Waals surface area contributed by atoms with Gasteiger partial charge in [-0.05, 0) is 41.4 Å². The van der Waals surface area contributed by atoms with Gasteiger partial charge >= 0.3 is 0 Å². The zero-order chi connectivity index (χ0) is 13.3. The molecular weight excluding hydrogens is 297 g/mol. The lowest BCUT2D eigenvalue weighted by molar-refractivity contribution is 0.478. The first kappa shape index (κ1) is 12.9. The Hall–Kier alpha value is -1.55. The maximum absolute atomic E-state index is 13.2. The molecule has 0 heterocycles. The lowest BCUT2D eigenvalue weighted by Gasteiger charge is -2.12. The maximum Gasteiger partial charge on any atom is 0.151 e. The minimum Gasteiger partial charge on any atom is -0.455 e. The second kappa shape index (κ2) is 4.98. The van der Waals surface area contributed by atoms with E-state index in [1.54, 1.807) is 0 Å². The predicted octanol–water partition coefficient (Wildman–Crippen LogP) is 4.58. The quantitative estimate of drug-likeness (QED) is 0.824. The molecule has 0 aliphatic rings. The summed E-state index contributed by atoms with van der Waals surface area (Å²) in [5.41, 5.74) is 8.18. The zero-order valence-electron chi connectivity index (χ0n) is 10.1. The summed E-state index contributed by atoms with van der Waals surface area (Å²) in [6.45, 7) is 3.97. The molecule has 2 aromatic rings. The molecule has 2 N–H and O–H groups in total. The van der Waals surface area contributed by atoms with Crippen LogP contribution in [-0.2, 0) is 0 Å². The zero-order valence-corrected chi connectivity index (χ0v) is 11.7. The first-order valence-corrected chi connectivity index (χ1v) is 6.26. The summed E-state index contributed by atoms with van der Waals surface area (Å²) < 4.78 is 19.3. The van der Waals surface area contributed by atoms with Crippen LogP contribution >= 0.6 is 15.9 Å². The lowest BCUT2D eigenvalue weighted by Crippen LogP contribution is -1.95. The van der Waals surface area contributed by atoms with E-state index in [0.29, 0.717) is 16.0 Å². The van der Waals surface area contributed by atoms with Crippen LogP contribution in [0.15, 0.2) is 34.8 Å². The van der Waals surface area contributed by atoms with Crippen molar-refractivity contribution in [2.24, 2.45) is 0 Å². The van der Waals surface area contributed by atoms with Gasteiger partial charge in [0, 0.05) is 12.1 Å². The van der Waals surface area contributed by atoms with E-state index in [-0.39, 0.29) is 5.69 Å². The van der Waals surface area contributed by atoms with Gasteiger partial charge in [0.05, 0.1) is 10.2 Å². The molecule has 0 unspecified atom stereocenters. The molecule has 94 valence electrons. The van der Waals surface area contributed by atoms with Crippen LogP contribution in [0.25, 0.3) is 0 Å². The Bertz CT molecular complexity index is 599. The van der Waals surface area contributed by atoms with E-state index in [0.717, 1.165) is 11.1 Å². The van der Waals surface area contributed by atoms with Crippen LogP contribution in [0.4, 0.5) is 10.1 Å². The number of rotatable bonds is 2. The SMILES string of the molecule is Cc1ccc(Oc2cc(Br)c(F)cc2N)c(C)c1. The molecule has 0 bridgehead atoms. The normalized spacial score (nSPS) is 10.4. The first-order valence-electron chi connectivity index (χ1n) is 5.47. The smallest absolute Gasteiger partial charge is 0.151 e. The van der Waals surface area contributed by atoms with E-state index < -0.39 is 5.82 Å². The number of aryl methyl sites for hydroxylation is 2. The van der Waals surface area contributed by atoms with Crippen LogP contribution in [-0.4, -0.2) is 0 Å². The lowest BCUT2D eigenvalue weighted by atomic mass is 10.1. The van der Waals surface area contributed by atoms with Crippen molar-refractivity contribution >= 4 is 21.6 Å². The molecule has 0 atom stereocenters. The fourth-order valence-electron chi connectivity index (χ4n) is 1.66. The van der Waals surface area contributed by atoms with Gasteiger partial charge in [-0.25, -0.2) is 4.39 Å². The Kier molecular flexibility index (Phi) is 3.57. The van der Waals surface area contributed by atoms with E-state index in [4.69, 9.17) is 10.5 Å². The summed E-state index contributed by atoms with van der Waals surface area (Å²) in [6, 6.07) is 8.62. The third-order valence-electron chi connectivity index (χ3n) is 2.60. The van der Waals surface area contributed by atoms with E-state index in [2.05, 4.69) is 15.9 Å². The number of anilines is 1. The van der Waals surface area contributed by atoms with Crippen molar-refractivity contribution in [3.05, 3.63) is 51.7 Å². The summed E-state index contributed by atoms with van der Waals surface area (Å²) in [5, 5.41) is 0. The van der Waals surface area contributed by atoms with Crippen LogP contribution in [0.1, 0.15) is 11.1 Å². The molecule has 2 aromatic carbocycles. The van der Waals surface area contributed by atoms with Crippen LogP contribution in [0.2, 0.25) is 0 Å². The van der Waals surface area contributed by atoms with E-state index in [1.165, 1.54) is 12.1 Å². The molecule has 0 aromatic heterocycles. The molecule has 0 aliphatic carbocycles. The Morgan fingerprint density at radius 2 is 1.83 bits per heavy atom. The molecule has 0 fully saturated rings. The maximum atomic E-state index is 13.2. The van der Waals surface area contributed by atoms with Crippen molar-refractivity contribution in [2.45, 2.75) is 13.8 Å². The van der Waals surface area contributed by atoms with Crippen LogP contribution in [0.3, 0.4) is 0 Å². The van der Waals surface area contributed by atoms with Gasteiger partial charge in [0.15, 0.2) is 5.75 Å². The molecule has 0 saturated heterocycles. The Balaban J connectivity index is 2.37. The highest BCUT2D eigenvalue weighted by atomic mass is 79.9. The van der Waals surface area contributed by atoms with Crippen LogP contribution < -0.4 is 10.5 Å². The monoisotopic (exact) mass is 309 g/mol. The third-order valence-corrected chi connectivity index (χ3v) is 3.21. The third kappa shape index (κ3) is 2.64. The van der Waals surface area contributed by atoms with E-state index in [9.17, 15) is 4.39 Å². The highest BCUT2D eigenvalue weighted by molar-refractivity contribution is 9.10. The highest BCUT2D eigenvalue weighted by Crippen LogP contribution is 2.33. The summed E-state index contributed by atoms with van der Waals surface area (Å²) in [7, 11) is 0. The summed E-state index contributed by atoms with van der Waals surface area (Å²) in [6.07, 6.45) is 0. The van der Waals surface area contributed by atoms with Gasteiger partial charge in [-0.2, -0.15) is 0 Å². The topological polar surface area (TPSA) is 35.2 Å². The number of nitrogens with two attached hydrogens (primary N) is 1. The van der Waals surface area contributed by atoms with Crippen molar-refractivity contribution in [3.8, 4) is 11.5 Å². The average Bonchev–Trinajstić information content (AvgIpc) is 2.29. The van der Waals surface area contributed by atoms with Crippen molar-refractivity contribution < 1.29 is 9.13 Å². The van der Waals surface area contributed by atoms with Crippen molar-refractivity contribution in [3.63, 3.8) is 0 Å². The second-order valence-corrected chi connectivity index (χ2v) is 5.03. The predicted molar refractivity (Wildman–Crippen MR) is 74.5 cm³/mol. The van der Waals surface area contributed by atoms with Crippen molar-refractivity contribution in [1.82, 2.24) is 0 Å². The number of halogens is 2. The van der Waals surface area contributed by atoms with Crippen LogP contribution in [0.5, 0.6) is 11.5 Å². The standard InChI is InChI=1S/C14H13BrFNO/c1-8-3-4-13(9(2)5-8)18-14-6-10(15)11(16)7-12(14)17/h3-7H,17H2,1-2H3. The molecule has 0 radical (unpaired) electrons. The summed E-state index contributed by atoms with van der Waals surface area (Å²) in [5.74, 6) is 0.751. The van der Waals surface area contributed by atoms with Gasteiger partial charge in [0.25, 0.3) is 0 Å². The summed E-state index contributed by atoms with van der Waals surface area (Å²) >= 11 is 3.11. The highest BCUT2D eigenvalue weighted by Gasteiger charge is 2.09. The van der Waals surface area contributed by atoms with Crippen LogP contribution in [0, 0.1) is 19.7 Å².